The van der Waals surface area contributed by atoms with Gasteiger partial charge in [-0.3, -0.25) is 4.79 Å². The summed E-state index contributed by atoms with van der Waals surface area (Å²) in [6.45, 7) is 4.68. The van der Waals surface area contributed by atoms with Gasteiger partial charge in [0.25, 0.3) is 5.91 Å². The van der Waals surface area contributed by atoms with Crippen LogP contribution in [0, 0.1) is 13.8 Å². The highest BCUT2D eigenvalue weighted by atomic mass is 19.4. The number of aryl methyl sites for hydroxylation is 2. The van der Waals surface area contributed by atoms with Gasteiger partial charge in [0.05, 0.1) is 35.5 Å². The number of aromatic nitrogens is 3. The zero-order valence-electron chi connectivity index (χ0n) is 17.1. The molecule has 1 aliphatic heterocycles. The van der Waals surface area contributed by atoms with Crippen LogP contribution in [0.1, 0.15) is 16.8 Å². The van der Waals surface area contributed by atoms with E-state index in [1.54, 1.807) is 17.0 Å². The maximum absolute atomic E-state index is 13.8. The lowest BCUT2D eigenvalue weighted by Gasteiger charge is -2.26. The molecule has 0 N–H and O–H groups in total. The number of nitrogens with zero attached hydrogens (tertiary/aromatic N) is 4. The molecule has 0 radical (unpaired) electrons. The molecule has 0 saturated carbocycles. The highest BCUT2D eigenvalue weighted by Crippen LogP contribution is 2.38. The molecule has 7 nitrogen and oxygen atoms in total. The number of morpholine rings is 1. The molecule has 1 saturated heterocycles. The molecular formula is C21H21F3N4O3. The maximum atomic E-state index is 13.8. The number of carbonyl (C=O) groups excluding carboxylic acids is 1. The summed E-state index contributed by atoms with van der Waals surface area (Å²) in [6, 6.07) is 8.01. The van der Waals surface area contributed by atoms with Crippen LogP contribution in [0.4, 0.5) is 13.2 Å². The van der Waals surface area contributed by atoms with Gasteiger partial charge in [0.15, 0.2) is 12.3 Å². The lowest BCUT2D eigenvalue weighted by Crippen LogP contribution is -2.43. The highest BCUT2D eigenvalue weighted by Gasteiger charge is 2.36. The van der Waals surface area contributed by atoms with Crippen molar-refractivity contribution in [1.82, 2.24) is 19.7 Å². The smallest absolute Gasteiger partial charge is 0.417 e. The molecule has 0 spiro atoms. The number of hydrogen-bond acceptors (Lipinski definition) is 5. The van der Waals surface area contributed by atoms with Gasteiger partial charge < -0.3 is 14.4 Å². The van der Waals surface area contributed by atoms with Crippen molar-refractivity contribution in [3.8, 4) is 11.6 Å². The van der Waals surface area contributed by atoms with Crippen molar-refractivity contribution in [2.24, 2.45) is 0 Å². The van der Waals surface area contributed by atoms with Gasteiger partial charge in [0, 0.05) is 19.2 Å². The molecule has 1 amide bonds. The zero-order valence-corrected chi connectivity index (χ0v) is 17.1. The van der Waals surface area contributed by atoms with Gasteiger partial charge in [0.2, 0.25) is 5.88 Å². The Morgan fingerprint density at radius 1 is 1.16 bits per heavy atom. The SMILES string of the molecule is Cc1ccc(-n2nc(C)c3c(C(F)(F)F)cc(OCC(=O)N4CCOCC4)nc32)cc1. The maximum Gasteiger partial charge on any atom is 0.417 e. The Kier molecular flexibility index (Phi) is 5.57. The Labute approximate surface area is 176 Å². The van der Waals surface area contributed by atoms with E-state index in [0.29, 0.717) is 32.0 Å². The number of halogens is 3. The molecule has 3 heterocycles. The van der Waals surface area contributed by atoms with Crippen molar-refractivity contribution in [3.05, 3.63) is 47.2 Å². The van der Waals surface area contributed by atoms with Crippen LogP contribution in [-0.4, -0.2) is 58.5 Å². The van der Waals surface area contributed by atoms with Gasteiger partial charge in [-0.25, -0.2) is 4.68 Å². The first-order valence-corrected chi connectivity index (χ1v) is 9.77. The van der Waals surface area contributed by atoms with Crippen molar-refractivity contribution in [2.75, 3.05) is 32.9 Å². The lowest BCUT2D eigenvalue weighted by molar-refractivity contribution is -0.137. The van der Waals surface area contributed by atoms with Gasteiger partial charge in [-0.15, -0.1) is 0 Å². The van der Waals surface area contributed by atoms with Crippen LogP contribution >= 0.6 is 0 Å². The van der Waals surface area contributed by atoms with Crippen molar-refractivity contribution < 1.29 is 27.4 Å². The third-order valence-electron chi connectivity index (χ3n) is 5.08. The fourth-order valence-electron chi connectivity index (χ4n) is 3.47. The first-order chi connectivity index (χ1) is 14.7. The van der Waals surface area contributed by atoms with Crippen molar-refractivity contribution in [2.45, 2.75) is 20.0 Å². The number of amides is 1. The van der Waals surface area contributed by atoms with Gasteiger partial charge in [0.1, 0.15) is 0 Å². The first kappa shape index (κ1) is 21.1. The van der Waals surface area contributed by atoms with Crippen LogP contribution < -0.4 is 4.74 Å². The second-order valence-electron chi connectivity index (χ2n) is 7.32. The van der Waals surface area contributed by atoms with Crippen LogP contribution in [0.25, 0.3) is 16.7 Å². The summed E-state index contributed by atoms with van der Waals surface area (Å²) in [5.41, 5.74) is 0.899. The summed E-state index contributed by atoms with van der Waals surface area (Å²) in [5.74, 6) is -0.614. The number of alkyl halides is 3. The average molecular weight is 434 g/mol. The number of carbonyl (C=O) groups is 1. The Bertz CT molecular complexity index is 1100. The molecule has 0 aliphatic carbocycles. The second-order valence-corrected chi connectivity index (χ2v) is 7.32. The van der Waals surface area contributed by atoms with E-state index in [1.807, 2.05) is 19.1 Å². The molecule has 0 atom stereocenters. The minimum Gasteiger partial charge on any atom is -0.467 e. The zero-order chi connectivity index (χ0) is 22.2. The summed E-state index contributed by atoms with van der Waals surface area (Å²) in [5, 5.41) is 4.19. The molecule has 1 aliphatic rings. The average Bonchev–Trinajstić information content (AvgIpc) is 3.08. The predicted octanol–water partition coefficient (Wildman–Crippen LogP) is 3.29. The fraction of sp³-hybridized carbons (Fsp3) is 0.381. The summed E-state index contributed by atoms with van der Waals surface area (Å²) < 4.78 is 53.4. The van der Waals surface area contributed by atoms with Crippen molar-refractivity contribution in [3.63, 3.8) is 0 Å². The van der Waals surface area contributed by atoms with Crippen LogP contribution in [0.15, 0.2) is 30.3 Å². The summed E-state index contributed by atoms with van der Waals surface area (Å²) in [7, 11) is 0. The van der Waals surface area contributed by atoms with Crippen LogP contribution in [-0.2, 0) is 15.7 Å². The third kappa shape index (κ3) is 4.34. The number of hydrogen-bond donors (Lipinski definition) is 0. The molecule has 1 aromatic carbocycles. The normalized spacial score (nSPS) is 14.8. The quantitative estimate of drug-likeness (QED) is 0.630. The Morgan fingerprint density at radius 3 is 2.48 bits per heavy atom. The number of benzene rings is 1. The van der Waals surface area contributed by atoms with Gasteiger partial charge in [-0.1, -0.05) is 17.7 Å². The lowest BCUT2D eigenvalue weighted by atomic mass is 10.1. The Morgan fingerprint density at radius 2 is 1.84 bits per heavy atom. The Hall–Kier alpha value is -3.14. The number of ether oxygens (including phenoxy) is 2. The molecular weight excluding hydrogens is 413 g/mol. The number of pyridine rings is 1. The minimum absolute atomic E-state index is 0.0185. The minimum atomic E-state index is -4.64. The first-order valence-electron chi connectivity index (χ1n) is 9.77. The third-order valence-corrected chi connectivity index (χ3v) is 5.08. The molecule has 31 heavy (non-hydrogen) atoms. The largest absolute Gasteiger partial charge is 0.467 e. The summed E-state index contributed by atoms with van der Waals surface area (Å²) >= 11 is 0. The standard InChI is InChI=1S/C21H21F3N4O3/c1-13-3-5-15(6-4-13)28-20-19(14(2)26-28)16(21(22,23)24)11-17(25-20)31-12-18(29)27-7-9-30-10-8-27/h3-6,11H,7-10,12H2,1-2H3. The summed E-state index contributed by atoms with van der Waals surface area (Å²) in [6.07, 6.45) is -4.64. The topological polar surface area (TPSA) is 69.5 Å². The van der Waals surface area contributed by atoms with Crippen LogP contribution in [0.2, 0.25) is 0 Å². The predicted molar refractivity (Wildman–Crippen MR) is 106 cm³/mol. The Balaban J connectivity index is 1.73. The van der Waals surface area contributed by atoms with E-state index in [2.05, 4.69) is 10.1 Å². The molecule has 0 unspecified atom stereocenters. The van der Waals surface area contributed by atoms with Crippen LogP contribution in [0.3, 0.4) is 0 Å². The van der Waals surface area contributed by atoms with E-state index >= 15 is 0 Å². The van der Waals surface area contributed by atoms with Crippen molar-refractivity contribution >= 4 is 16.9 Å². The van der Waals surface area contributed by atoms with E-state index < -0.39 is 18.3 Å². The van der Waals surface area contributed by atoms with Crippen molar-refractivity contribution in [1.29, 1.82) is 0 Å². The van der Waals surface area contributed by atoms with Gasteiger partial charge in [-0.2, -0.15) is 23.3 Å². The number of fused-ring (bicyclic) bond motifs is 1. The van der Waals surface area contributed by atoms with E-state index in [1.165, 1.54) is 11.6 Å². The molecule has 164 valence electrons. The second kappa shape index (κ2) is 8.18. The molecule has 0 bridgehead atoms. The molecule has 4 rings (SSSR count). The molecule has 1 fully saturated rings. The monoisotopic (exact) mass is 434 g/mol. The van der Waals surface area contributed by atoms with Crippen LogP contribution in [0.5, 0.6) is 5.88 Å². The van der Waals surface area contributed by atoms with Gasteiger partial charge >= 0.3 is 6.18 Å². The van der Waals surface area contributed by atoms with E-state index in [4.69, 9.17) is 9.47 Å². The van der Waals surface area contributed by atoms with E-state index in [9.17, 15) is 18.0 Å². The molecule has 3 aromatic rings. The fourth-order valence-corrected chi connectivity index (χ4v) is 3.47. The van der Waals surface area contributed by atoms with E-state index in [0.717, 1.165) is 11.6 Å². The van der Waals surface area contributed by atoms with Gasteiger partial charge in [-0.05, 0) is 26.0 Å². The molecule has 10 heteroatoms. The number of rotatable bonds is 4. The molecule has 2 aromatic heterocycles. The van der Waals surface area contributed by atoms with E-state index in [-0.39, 0.29) is 28.5 Å². The highest BCUT2D eigenvalue weighted by molar-refractivity contribution is 5.85. The summed E-state index contributed by atoms with van der Waals surface area (Å²) in [4.78, 5) is 18.1.